The van der Waals surface area contributed by atoms with E-state index in [0.29, 0.717) is 11.9 Å². The van der Waals surface area contributed by atoms with Gasteiger partial charge in [-0.1, -0.05) is 36.9 Å². The average Bonchev–Trinajstić information content (AvgIpc) is 2.98. The van der Waals surface area contributed by atoms with E-state index in [2.05, 4.69) is 6.58 Å². The van der Waals surface area contributed by atoms with Crippen molar-refractivity contribution in [2.45, 2.75) is 24.5 Å². The minimum Gasteiger partial charge on any atom is -0.461 e. The molecule has 0 saturated carbocycles. The van der Waals surface area contributed by atoms with Crippen LogP contribution >= 0.6 is 11.8 Å². The lowest BCUT2D eigenvalue weighted by Crippen LogP contribution is -2.20. The third-order valence-electron chi connectivity index (χ3n) is 3.21. The molecular weight excluding hydrogens is 272 g/mol. The molecule has 1 unspecified atom stereocenters. The summed E-state index contributed by atoms with van der Waals surface area (Å²) in [5.74, 6) is 0.259. The molecule has 0 N–H and O–H groups in total. The van der Waals surface area contributed by atoms with Gasteiger partial charge in [-0.25, -0.2) is 4.79 Å². The number of rotatable bonds is 6. The molecule has 0 radical (unpaired) electrons. The van der Waals surface area contributed by atoms with E-state index in [-0.39, 0.29) is 17.8 Å². The molecule has 0 spiro atoms. The molecule has 1 aromatic rings. The molecule has 1 heterocycles. The van der Waals surface area contributed by atoms with Crippen molar-refractivity contribution in [3.63, 3.8) is 0 Å². The molecule has 1 aliphatic heterocycles. The second-order valence-electron chi connectivity index (χ2n) is 4.80. The molecule has 0 aromatic heterocycles. The highest BCUT2D eigenvalue weighted by atomic mass is 32.2. The zero-order valence-corrected chi connectivity index (χ0v) is 12.2. The summed E-state index contributed by atoms with van der Waals surface area (Å²) in [6.07, 6.45) is 2.43. The van der Waals surface area contributed by atoms with E-state index in [1.165, 1.54) is 6.42 Å². The van der Waals surface area contributed by atoms with E-state index in [1.807, 2.05) is 42.1 Å². The molecule has 0 amide bonds. The number of hydrogen-bond acceptors (Lipinski definition) is 4. The molecule has 1 aromatic carbocycles. The Hall–Kier alpha value is -1.55. The lowest BCUT2D eigenvalue weighted by atomic mass is 10.0. The van der Waals surface area contributed by atoms with E-state index in [9.17, 15) is 9.59 Å². The van der Waals surface area contributed by atoms with Crippen molar-refractivity contribution in [2.24, 2.45) is 0 Å². The first-order valence-corrected chi connectivity index (χ1v) is 7.76. The van der Waals surface area contributed by atoms with Gasteiger partial charge in [-0.2, -0.15) is 11.8 Å². The topological polar surface area (TPSA) is 43.4 Å². The number of thioether (sulfide) groups is 1. The molecule has 1 atom stereocenters. The maximum Gasteiger partial charge on any atom is 0.341 e. The standard InChI is InChI=1S/C16H18O3S/c1-12(15(17)10-13-6-3-2-4-7-13)16(18)19-11-14-8-5-9-20-14/h2-4,6-7,14H,1,5,8-11H2. The predicted molar refractivity (Wildman–Crippen MR) is 80.7 cm³/mol. The van der Waals surface area contributed by atoms with Gasteiger partial charge in [-0.3, -0.25) is 4.79 Å². The van der Waals surface area contributed by atoms with Crippen molar-refractivity contribution < 1.29 is 14.3 Å². The van der Waals surface area contributed by atoms with Crippen LogP contribution in [0.2, 0.25) is 0 Å². The third-order valence-corrected chi connectivity index (χ3v) is 4.58. The van der Waals surface area contributed by atoms with Gasteiger partial charge < -0.3 is 4.74 Å². The molecule has 3 nitrogen and oxygen atoms in total. The van der Waals surface area contributed by atoms with Crippen LogP contribution in [0.3, 0.4) is 0 Å². The molecule has 1 fully saturated rings. The number of Topliss-reactive ketones (excluding diaryl/α,β-unsaturated/α-hetero) is 1. The van der Waals surface area contributed by atoms with E-state index in [4.69, 9.17) is 4.74 Å². The molecule has 0 bridgehead atoms. The highest BCUT2D eigenvalue weighted by molar-refractivity contribution is 8.00. The van der Waals surface area contributed by atoms with E-state index in [0.717, 1.165) is 17.7 Å². The minimum absolute atomic E-state index is 0.0585. The second kappa shape index (κ2) is 7.29. The van der Waals surface area contributed by atoms with Gasteiger partial charge in [0.2, 0.25) is 0 Å². The van der Waals surface area contributed by atoms with Gasteiger partial charge in [-0.05, 0) is 24.2 Å². The zero-order valence-electron chi connectivity index (χ0n) is 11.3. The average molecular weight is 290 g/mol. The number of carbonyl (C=O) groups is 2. The Morgan fingerprint density at radius 2 is 2.05 bits per heavy atom. The minimum atomic E-state index is -0.585. The quantitative estimate of drug-likeness (QED) is 0.350. The molecule has 1 aliphatic rings. The lowest BCUT2D eigenvalue weighted by molar-refractivity contribution is -0.140. The van der Waals surface area contributed by atoms with Crippen molar-refractivity contribution in [3.05, 3.63) is 48.0 Å². The smallest absolute Gasteiger partial charge is 0.341 e. The number of carbonyl (C=O) groups excluding carboxylic acids is 2. The largest absolute Gasteiger partial charge is 0.461 e. The fourth-order valence-electron chi connectivity index (χ4n) is 2.03. The second-order valence-corrected chi connectivity index (χ2v) is 6.21. The normalized spacial score (nSPS) is 17.7. The first-order chi connectivity index (χ1) is 9.66. The Morgan fingerprint density at radius 1 is 1.30 bits per heavy atom. The molecule has 1 saturated heterocycles. The Labute approximate surface area is 123 Å². The number of ether oxygens (including phenoxy) is 1. The SMILES string of the molecule is C=C(C(=O)Cc1ccccc1)C(=O)OCC1CCCS1. The van der Waals surface area contributed by atoms with Crippen molar-refractivity contribution in [1.29, 1.82) is 0 Å². The summed E-state index contributed by atoms with van der Waals surface area (Å²) in [6, 6.07) is 9.32. The van der Waals surface area contributed by atoms with Gasteiger partial charge >= 0.3 is 5.97 Å². The highest BCUT2D eigenvalue weighted by Gasteiger charge is 2.21. The van der Waals surface area contributed by atoms with Gasteiger partial charge in [0.1, 0.15) is 6.61 Å². The molecule has 2 rings (SSSR count). The van der Waals surface area contributed by atoms with Crippen molar-refractivity contribution >= 4 is 23.5 Å². The summed E-state index contributed by atoms with van der Waals surface area (Å²) in [6.45, 7) is 3.94. The van der Waals surface area contributed by atoms with E-state index < -0.39 is 5.97 Å². The summed E-state index contributed by atoms with van der Waals surface area (Å²) in [4.78, 5) is 23.7. The maximum absolute atomic E-state index is 11.9. The first kappa shape index (κ1) is 14.9. The van der Waals surface area contributed by atoms with Gasteiger partial charge in [0.25, 0.3) is 0 Å². The lowest BCUT2D eigenvalue weighted by Gasteiger charge is -2.10. The third kappa shape index (κ3) is 4.23. The monoisotopic (exact) mass is 290 g/mol. The predicted octanol–water partition coefficient (Wildman–Crippen LogP) is 2.79. The molecule has 0 aliphatic carbocycles. The summed E-state index contributed by atoms with van der Waals surface area (Å²) in [5.41, 5.74) is 0.814. The highest BCUT2D eigenvalue weighted by Crippen LogP contribution is 2.26. The van der Waals surface area contributed by atoms with Crippen molar-refractivity contribution in [2.75, 3.05) is 12.4 Å². The first-order valence-electron chi connectivity index (χ1n) is 6.71. The van der Waals surface area contributed by atoms with Crippen LogP contribution in [0.5, 0.6) is 0 Å². The maximum atomic E-state index is 11.9. The Kier molecular flexibility index (Phi) is 5.41. The van der Waals surface area contributed by atoms with E-state index >= 15 is 0 Å². The fraction of sp³-hybridized carbons (Fsp3) is 0.375. The van der Waals surface area contributed by atoms with Gasteiger partial charge in [0.15, 0.2) is 5.78 Å². The number of hydrogen-bond donors (Lipinski definition) is 0. The molecule has 20 heavy (non-hydrogen) atoms. The van der Waals surface area contributed by atoms with Crippen LogP contribution < -0.4 is 0 Å². The Morgan fingerprint density at radius 3 is 2.70 bits per heavy atom. The van der Waals surface area contributed by atoms with Gasteiger partial charge in [-0.15, -0.1) is 0 Å². The molecule has 4 heteroatoms. The summed E-state index contributed by atoms with van der Waals surface area (Å²) >= 11 is 1.82. The molecular formula is C16H18O3S. The van der Waals surface area contributed by atoms with Crippen LogP contribution in [0.4, 0.5) is 0 Å². The van der Waals surface area contributed by atoms with Crippen LogP contribution in [0.1, 0.15) is 18.4 Å². The summed E-state index contributed by atoms with van der Waals surface area (Å²) in [5, 5.41) is 0.371. The fourth-order valence-corrected chi connectivity index (χ4v) is 3.20. The van der Waals surface area contributed by atoms with Gasteiger partial charge in [0, 0.05) is 11.7 Å². The number of benzene rings is 1. The van der Waals surface area contributed by atoms with E-state index in [1.54, 1.807) is 0 Å². The Bertz CT molecular complexity index is 490. The number of ketones is 1. The van der Waals surface area contributed by atoms with Crippen LogP contribution in [0, 0.1) is 0 Å². The van der Waals surface area contributed by atoms with Crippen LogP contribution in [0.25, 0.3) is 0 Å². The van der Waals surface area contributed by atoms with Crippen molar-refractivity contribution in [1.82, 2.24) is 0 Å². The van der Waals surface area contributed by atoms with Crippen LogP contribution in [-0.2, 0) is 20.7 Å². The zero-order chi connectivity index (χ0) is 14.4. The Balaban J connectivity index is 1.80. The summed E-state index contributed by atoms with van der Waals surface area (Å²) < 4.78 is 5.17. The van der Waals surface area contributed by atoms with Gasteiger partial charge in [0.05, 0.1) is 5.57 Å². The molecule has 106 valence electrons. The van der Waals surface area contributed by atoms with Crippen LogP contribution in [0.15, 0.2) is 42.5 Å². The van der Waals surface area contributed by atoms with Crippen LogP contribution in [-0.4, -0.2) is 29.4 Å². The number of esters is 1. The van der Waals surface area contributed by atoms with Crippen molar-refractivity contribution in [3.8, 4) is 0 Å². The summed E-state index contributed by atoms with van der Waals surface area (Å²) in [7, 11) is 0.